The summed E-state index contributed by atoms with van der Waals surface area (Å²) in [6.07, 6.45) is 2.70. The second kappa shape index (κ2) is 6.15. The Labute approximate surface area is 115 Å². The summed E-state index contributed by atoms with van der Waals surface area (Å²) >= 11 is 0. The summed E-state index contributed by atoms with van der Waals surface area (Å²) in [5.41, 5.74) is 0. The number of aliphatic hydroxyl groups excluding tert-OH is 2. The molecule has 5 heteroatoms. The molecule has 108 valence electrons. The lowest BCUT2D eigenvalue weighted by Gasteiger charge is -2.16. The highest BCUT2D eigenvalue weighted by molar-refractivity contribution is 5.21. The van der Waals surface area contributed by atoms with Gasteiger partial charge in [0.25, 0.3) is 5.92 Å². The third kappa shape index (κ3) is 3.88. The summed E-state index contributed by atoms with van der Waals surface area (Å²) < 4.78 is 32.2. The van der Waals surface area contributed by atoms with E-state index in [9.17, 15) is 19.0 Å². The Hall–Kier alpha value is -1.72. The minimum atomic E-state index is -3.14. The van der Waals surface area contributed by atoms with E-state index in [-0.39, 0.29) is 0 Å². The molecule has 1 aromatic carbocycles. The predicted octanol–water partition coefficient (Wildman–Crippen LogP) is 2.16. The van der Waals surface area contributed by atoms with E-state index < -0.39 is 30.7 Å². The number of alkyl halides is 2. The molecule has 0 aromatic heterocycles. The third-order valence-electron chi connectivity index (χ3n) is 3.01. The maximum atomic E-state index is 13.6. The molecular weight excluding hydrogens is 266 g/mol. The zero-order valence-corrected chi connectivity index (χ0v) is 10.7. The Morgan fingerprint density at radius 2 is 1.85 bits per heavy atom. The van der Waals surface area contributed by atoms with Crippen LogP contribution in [0.25, 0.3) is 0 Å². The number of para-hydroxylation sites is 1. The van der Waals surface area contributed by atoms with Gasteiger partial charge in [0.2, 0.25) is 0 Å². The second-order valence-corrected chi connectivity index (χ2v) is 4.67. The van der Waals surface area contributed by atoms with Crippen molar-refractivity contribution < 1.29 is 23.7 Å². The minimum Gasteiger partial charge on any atom is -0.487 e. The van der Waals surface area contributed by atoms with Crippen LogP contribution in [-0.2, 0) is 0 Å². The molecule has 1 aliphatic carbocycles. The minimum absolute atomic E-state index is 0.372. The van der Waals surface area contributed by atoms with E-state index in [0.717, 1.165) is 0 Å². The van der Waals surface area contributed by atoms with Crippen LogP contribution < -0.4 is 4.74 Å². The summed E-state index contributed by atoms with van der Waals surface area (Å²) in [6, 6.07) is 8.36. The summed E-state index contributed by atoms with van der Waals surface area (Å²) in [5, 5.41) is 18.8. The molecule has 0 amide bonds. The van der Waals surface area contributed by atoms with Crippen molar-refractivity contribution in [2.45, 2.75) is 18.1 Å². The molecule has 3 nitrogen and oxygen atoms in total. The van der Waals surface area contributed by atoms with E-state index in [4.69, 9.17) is 4.74 Å². The predicted molar refractivity (Wildman–Crippen MR) is 70.7 cm³/mol. The zero-order chi connectivity index (χ0) is 14.6. The molecule has 1 aromatic rings. The lowest BCUT2D eigenvalue weighted by atomic mass is 10.0. The van der Waals surface area contributed by atoms with Crippen molar-refractivity contribution in [3.63, 3.8) is 0 Å². The number of halogens is 2. The first-order chi connectivity index (χ1) is 9.48. The van der Waals surface area contributed by atoms with Crippen LogP contribution in [0, 0.1) is 5.92 Å². The van der Waals surface area contributed by atoms with E-state index in [0.29, 0.717) is 11.8 Å². The monoisotopic (exact) mass is 282 g/mol. The van der Waals surface area contributed by atoms with E-state index in [2.05, 4.69) is 0 Å². The lowest BCUT2D eigenvalue weighted by molar-refractivity contribution is 0.00357. The molecule has 0 spiro atoms. The smallest absolute Gasteiger partial charge is 0.299 e. The molecule has 3 atom stereocenters. The van der Waals surface area contributed by atoms with Crippen LogP contribution in [0.2, 0.25) is 0 Å². The molecule has 0 radical (unpaired) electrons. The molecule has 0 heterocycles. The molecule has 0 unspecified atom stereocenters. The molecule has 0 aliphatic heterocycles. The van der Waals surface area contributed by atoms with Crippen molar-refractivity contribution in [2.75, 3.05) is 6.61 Å². The SMILES string of the molecule is O[C@@H]1[C@H](O)C=C[C@H]1/C=C/C(F)(F)COc1ccccc1. The molecule has 2 rings (SSSR count). The van der Waals surface area contributed by atoms with Crippen LogP contribution in [-0.4, -0.2) is 35.0 Å². The number of rotatable bonds is 5. The first-order valence-electron chi connectivity index (χ1n) is 6.27. The van der Waals surface area contributed by atoms with Gasteiger partial charge in [0.15, 0.2) is 6.61 Å². The molecule has 20 heavy (non-hydrogen) atoms. The third-order valence-corrected chi connectivity index (χ3v) is 3.01. The van der Waals surface area contributed by atoms with Gasteiger partial charge in [-0.3, -0.25) is 0 Å². The molecule has 0 saturated carbocycles. The highest BCUT2D eigenvalue weighted by Crippen LogP contribution is 2.24. The maximum absolute atomic E-state index is 13.6. The van der Waals surface area contributed by atoms with Gasteiger partial charge in [-0.1, -0.05) is 36.4 Å². The van der Waals surface area contributed by atoms with E-state index in [1.165, 1.54) is 18.2 Å². The van der Waals surface area contributed by atoms with Crippen molar-refractivity contribution in [3.05, 3.63) is 54.6 Å². The van der Waals surface area contributed by atoms with Gasteiger partial charge in [0.05, 0.1) is 12.2 Å². The van der Waals surface area contributed by atoms with E-state index in [1.54, 1.807) is 30.3 Å². The lowest BCUT2D eigenvalue weighted by Crippen LogP contribution is -2.26. The number of ether oxygens (including phenoxy) is 1. The van der Waals surface area contributed by atoms with Gasteiger partial charge in [0.1, 0.15) is 5.75 Å². The van der Waals surface area contributed by atoms with Crippen LogP contribution in [0.3, 0.4) is 0 Å². The van der Waals surface area contributed by atoms with Crippen LogP contribution in [0.5, 0.6) is 5.75 Å². The first-order valence-corrected chi connectivity index (χ1v) is 6.27. The Morgan fingerprint density at radius 1 is 1.15 bits per heavy atom. The van der Waals surface area contributed by atoms with Gasteiger partial charge >= 0.3 is 0 Å². The number of hydrogen-bond donors (Lipinski definition) is 2. The second-order valence-electron chi connectivity index (χ2n) is 4.67. The quantitative estimate of drug-likeness (QED) is 0.814. The Bertz CT molecular complexity index is 485. The average Bonchev–Trinajstić information content (AvgIpc) is 2.76. The Kier molecular flexibility index (Phi) is 4.52. The fourth-order valence-corrected chi connectivity index (χ4v) is 1.87. The highest BCUT2D eigenvalue weighted by atomic mass is 19.3. The van der Waals surface area contributed by atoms with Crippen LogP contribution >= 0.6 is 0 Å². The summed E-state index contributed by atoms with van der Waals surface area (Å²) in [7, 11) is 0. The Balaban J connectivity index is 1.89. The Morgan fingerprint density at radius 3 is 2.45 bits per heavy atom. The van der Waals surface area contributed by atoms with Crippen LogP contribution in [0.4, 0.5) is 8.78 Å². The van der Waals surface area contributed by atoms with Crippen molar-refractivity contribution >= 4 is 0 Å². The maximum Gasteiger partial charge on any atom is 0.299 e. The van der Waals surface area contributed by atoms with E-state index in [1.807, 2.05) is 0 Å². The van der Waals surface area contributed by atoms with Gasteiger partial charge in [-0.2, -0.15) is 8.78 Å². The summed E-state index contributed by atoms with van der Waals surface area (Å²) in [4.78, 5) is 0. The fraction of sp³-hybridized carbons (Fsp3) is 0.333. The van der Waals surface area contributed by atoms with Crippen LogP contribution in [0.1, 0.15) is 0 Å². The number of aliphatic hydroxyl groups is 2. The molecular formula is C15H16F2O3. The largest absolute Gasteiger partial charge is 0.487 e. The molecule has 0 fully saturated rings. The van der Waals surface area contributed by atoms with E-state index >= 15 is 0 Å². The van der Waals surface area contributed by atoms with Gasteiger partial charge in [-0.25, -0.2) is 0 Å². The highest BCUT2D eigenvalue weighted by Gasteiger charge is 2.30. The number of hydrogen-bond acceptors (Lipinski definition) is 3. The van der Waals surface area contributed by atoms with Crippen molar-refractivity contribution in [2.24, 2.45) is 5.92 Å². The average molecular weight is 282 g/mol. The summed E-state index contributed by atoms with van der Waals surface area (Å²) in [5.74, 6) is -3.37. The van der Waals surface area contributed by atoms with Gasteiger partial charge in [-0.15, -0.1) is 0 Å². The summed E-state index contributed by atoms with van der Waals surface area (Å²) in [6.45, 7) is -0.775. The first kappa shape index (κ1) is 14.7. The topological polar surface area (TPSA) is 49.7 Å². The fourth-order valence-electron chi connectivity index (χ4n) is 1.87. The van der Waals surface area contributed by atoms with Crippen molar-refractivity contribution in [1.82, 2.24) is 0 Å². The number of benzene rings is 1. The van der Waals surface area contributed by atoms with Gasteiger partial charge in [0, 0.05) is 5.92 Å². The van der Waals surface area contributed by atoms with Crippen molar-refractivity contribution in [1.29, 1.82) is 0 Å². The molecule has 0 saturated heterocycles. The van der Waals surface area contributed by atoms with Crippen LogP contribution in [0.15, 0.2) is 54.6 Å². The zero-order valence-electron chi connectivity index (χ0n) is 10.7. The van der Waals surface area contributed by atoms with Crippen molar-refractivity contribution in [3.8, 4) is 5.75 Å². The molecule has 1 aliphatic rings. The van der Waals surface area contributed by atoms with Gasteiger partial charge < -0.3 is 14.9 Å². The normalized spacial score (nSPS) is 26.3. The standard InChI is InChI=1S/C15H16F2O3/c16-15(17,10-20-12-4-2-1-3-5-12)9-8-11-6-7-13(18)14(11)19/h1-9,11,13-14,18-19H,10H2/b9-8+/t11-,13+,14-/m0/s1. The molecule has 2 N–H and O–H groups in total. The molecule has 0 bridgehead atoms. The van der Waals surface area contributed by atoms with Gasteiger partial charge in [-0.05, 0) is 18.2 Å².